The van der Waals surface area contributed by atoms with Crippen LogP contribution >= 0.6 is 0 Å². The Bertz CT molecular complexity index is 682. The van der Waals surface area contributed by atoms with Crippen LogP contribution in [0.25, 0.3) is 0 Å². The lowest BCUT2D eigenvalue weighted by Crippen LogP contribution is -2.57. The van der Waals surface area contributed by atoms with E-state index >= 15 is 0 Å². The van der Waals surface area contributed by atoms with E-state index in [2.05, 4.69) is 51.7 Å². The van der Waals surface area contributed by atoms with Crippen LogP contribution in [0.2, 0.25) is 0 Å². The highest BCUT2D eigenvalue weighted by Crippen LogP contribution is 2.53. The number of nitrogens with one attached hydrogen (secondary N) is 2. The molecule has 0 atom stereocenters. The standard InChI is InChI=1S/C24H36N4O/c1-27-6-8-28(9-7-27)16-18-4-2-17(3-5-18)15-25-24(29)26-23-21-11-19-10-20(13-21)14-22(23)12-19/h2-5,19-23H,6-16H2,1H3,(H2,25,26,29). The number of carbonyl (C=O) groups excluding carboxylic acids is 1. The molecule has 5 aliphatic rings. The number of urea groups is 1. The fraction of sp³-hybridized carbons (Fsp3) is 0.708. The maximum Gasteiger partial charge on any atom is 0.315 e. The predicted molar refractivity (Wildman–Crippen MR) is 115 cm³/mol. The molecule has 158 valence electrons. The third-order valence-electron chi connectivity index (χ3n) is 8.00. The summed E-state index contributed by atoms with van der Waals surface area (Å²) >= 11 is 0. The number of nitrogens with zero attached hydrogens (tertiary/aromatic N) is 2. The third kappa shape index (κ3) is 4.46. The van der Waals surface area contributed by atoms with Gasteiger partial charge in [-0.3, -0.25) is 4.90 Å². The monoisotopic (exact) mass is 396 g/mol. The predicted octanol–water partition coefficient (Wildman–Crippen LogP) is 3.06. The van der Waals surface area contributed by atoms with E-state index in [4.69, 9.17) is 0 Å². The molecule has 0 unspecified atom stereocenters. The van der Waals surface area contributed by atoms with Crippen molar-refractivity contribution in [2.24, 2.45) is 23.7 Å². The van der Waals surface area contributed by atoms with Crippen molar-refractivity contribution in [3.63, 3.8) is 0 Å². The molecule has 4 aliphatic carbocycles. The van der Waals surface area contributed by atoms with Gasteiger partial charge in [0.1, 0.15) is 0 Å². The molecule has 5 heteroatoms. The minimum Gasteiger partial charge on any atom is -0.335 e. The number of likely N-dealkylation sites (N-methyl/N-ethyl adjacent to an activating group) is 1. The van der Waals surface area contributed by atoms with Gasteiger partial charge >= 0.3 is 6.03 Å². The summed E-state index contributed by atoms with van der Waals surface area (Å²) < 4.78 is 0. The summed E-state index contributed by atoms with van der Waals surface area (Å²) in [7, 11) is 2.19. The maximum absolute atomic E-state index is 12.5. The quantitative estimate of drug-likeness (QED) is 0.804. The molecule has 2 amide bonds. The average molecular weight is 397 g/mol. The molecule has 5 nitrogen and oxygen atoms in total. The van der Waals surface area contributed by atoms with E-state index in [1.165, 1.54) is 43.2 Å². The lowest BCUT2D eigenvalue weighted by atomic mass is 9.54. The number of piperazine rings is 1. The second kappa shape index (κ2) is 8.27. The Balaban J connectivity index is 1.08. The molecule has 1 aromatic carbocycles. The zero-order valence-corrected chi connectivity index (χ0v) is 17.8. The smallest absolute Gasteiger partial charge is 0.315 e. The lowest BCUT2D eigenvalue weighted by Gasteiger charge is -2.54. The number of rotatable bonds is 5. The minimum absolute atomic E-state index is 0.0176. The van der Waals surface area contributed by atoms with Crippen molar-refractivity contribution >= 4 is 6.03 Å². The Morgan fingerprint density at radius 1 is 0.897 bits per heavy atom. The van der Waals surface area contributed by atoms with Gasteiger partial charge in [0.05, 0.1) is 0 Å². The first kappa shape index (κ1) is 19.4. The van der Waals surface area contributed by atoms with E-state index < -0.39 is 0 Å². The van der Waals surface area contributed by atoms with Crippen LogP contribution in [0, 0.1) is 23.7 Å². The lowest BCUT2D eigenvalue weighted by molar-refractivity contribution is -0.00942. The summed E-state index contributed by atoms with van der Waals surface area (Å²) in [5, 5.41) is 6.44. The zero-order valence-electron chi connectivity index (χ0n) is 17.8. The van der Waals surface area contributed by atoms with Gasteiger partial charge in [-0.05, 0) is 74.0 Å². The Morgan fingerprint density at radius 3 is 2.10 bits per heavy atom. The Kier molecular flexibility index (Phi) is 5.53. The van der Waals surface area contributed by atoms with Gasteiger partial charge in [-0.1, -0.05) is 24.3 Å². The molecule has 6 rings (SSSR count). The normalized spacial score (nSPS) is 34.3. The van der Waals surface area contributed by atoms with Gasteiger partial charge in [0, 0.05) is 45.3 Å². The van der Waals surface area contributed by atoms with Crippen LogP contribution in [0.4, 0.5) is 4.79 Å². The molecular weight excluding hydrogens is 360 g/mol. The van der Waals surface area contributed by atoms with Crippen molar-refractivity contribution in [3.8, 4) is 0 Å². The Hall–Kier alpha value is -1.59. The van der Waals surface area contributed by atoms with E-state index in [0.717, 1.165) is 56.4 Å². The van der Waals surface area contributed by atoms with Gasteiger partial charge in [0.2, 0.25) is 0 Å². The van der Waals surface area contributed by atoms with Crippen molar-refractivity contribution in [2.75, 3.05) is 33.2 Å². The van der Waals surface area contributed by atoms with Crippen molar-refractivity contribution in [1.29, 1.82) is 0 Å². The van der Waals surface area contributed by atoms with Crippen LogP contribution < -0.4 is 10.6 Å². The molecule has 4 saturated carbocycles. The first-order valence-electron chi connectivity index (χ1n) is 11.7. The van der Waals surface area contributed by atoms with E-state index in [-0.39, 0.29) is 6.03 Å². The van der Waals surface area contributed by atoms with Crippen LogP contribution in [0.15, 0.2) is 24.3 Å². The topological polar surface area (TPSA) is 47.6 Å². The third-order valence-corrected chi connectivity index (χ3v) is 8.00. The van der Waals surface area contributed by atoms with E-state index in [1.54, 1.807) is 0 Å². The van der Waals surface area contributed by atoms with E-state index in [9.17, 15) is 4.79 Å². The van der Waals surface area contributed by atoms with Gasteiger partial charge < -0.3 is 15.5 Å². The van der Waals surface area contributed by atoms with Gasteiger partial charge in [0.25, 0.3) is 0 Å². The van der Waals surface area contributed by atoms with Crippen LogP contribution in [0.3, 0.4) is 0 Å². The summed E-state index contributed by atoms with van der Waals surface area (Å²) in [5.74, 6) is 3.35. The van der Waals surface area contributed by atoms with Crippen LogP contribution in [0.5, 0.6) is 0 Å². The van der Waals surface area contributed by atoms with Crippen molar-refractivity contribution in [2.45, 2.75) is 51.2 Å². The average Bonchev–Trinajstić information content (AvgIpc) is 2.71. The molecule has 2 N–H and O–H groups in total. The SMILES string of the molecule is CN1CCN(Cc2ccc(CNC(=O)NC3C4CC5CC(C4)CC3C5)cc2)CC1. The first-order valence-corrected chi connectivity index (χ1v) is 11.7. The van der Waals surface area contributed by atoms with Crippen LogP contribution in [-0.2, 0) is 13.1 Å². The highest BCUT2D eigenvalue weighted by Gasteiger charge is 2.48. The minimum atomic E-state index is 0.0176. The molecule has 1 aromatic rings. The zero-order chi connectivity index (χ0) is 19.8. The van der Waals surface area contributed by atoms with E-state index in [0.29, 0.717) is 12.6 Å². The molecule has 1 saturated heterocycles. The number of carbonyl (C=O) groups is 1. The molecular formula is C24H36N4O. The van der Waals surface area contributed by atoms with Crippen molar-refractivity contribution in [1.82, 2.24) is 20.4 Å². The molecule has 0 spiro atoms. The maximum atomic E-state index is 12.5. The van der Waals surface area contributed by atoms with Gasteiger partial charge in [0.15, 0.2) is 0 Å². The second-order valence-electron chi connectivity index (χ2n) is 10.2. The number of hydrogen-bond donors (Lipinski definition) is 2. The Morgan fingerprint density at radius 2 is 1.48 bits per heavy atom. The highest BCUT2D eigenvalue weighted by atomic mass is 16.2. The summed E-state index contributed by atoms with van der Waals surface area (Å²) in [6, 6.07) is 9.18. The molecule has 4 bridgehead atoms. The van der Waals surface area contributed by atoms with Crippen molar-refractivity contribution in [3.05, 3.63) is 35.4 Å². The van der Waals surface area contributed by atoms with Gasteiger partial charge in [-0.2, -0.15) is 0 Å². The first-order chi connectivity index (χ1) is 14.1. The largest absolute Gasteiger partial charge is 0.335 e. The Labute approximate surface area is 175 Å². The fourth-order valence-corrected chi connectivity index (χ4v) is 6.57. The summed E-state index contributed by atoms with van der Waals surface area (Å²) in [6.07, 6.45) is 6.82. The number of hydrogen-bond acceptors (Lipinski definition) is 3. The van der Waals surface area contributed by atoms with Crippen LogP contribution in [0.1, 0.15) is 43.2 Å². The second-order valence-corrected chi connectivity index (χ2v) is 10.2. The number of benzene rings is 1. The summed E-state index contributed by atoms with van der Waals surface area (Å²) in [6.45, 7) is 6.22. The molecule has 29 heavy (non-hydrogen) atoms. The van der Waals surface area contributed by atoms with Gasteiger partial charge in [-0.15, -0.1) is 0 Å². The van der Waals surface area contributed by atoms with Gasteiger partial charge in [-0.25, -0.2) is 4.79 Å². The van der Waals surface area contributed by atoms with E-state index in [1.807, 2.05) is 0 Å². The van der Waals surface area contributed by atoms with Crippen molar-refractivity contribution < 1.29 is 4.79 Å². The molecule has 0 aromatic heterocycles. The molecule has 5 fully saturated rings. The molecule has 1 heterocycles. The molecule has 0 radical (unpaired) electrons. The number of amides is 2. The van der Waals surface area contributed by atoms with Crippen LogP contribution in [-0.4, -0.2) is 55.1 Å². The highest BCUT2D eigenvalue weighted by molar-refractivity contribution is 5.74. The molecule has 1 aliphatic heterocycles. The summed E-state index contributed by atoms with van der Waals surface area (Å²) in [4.78, 5) is 17.4. The fourth-order valence-electron chi connectivity index (χ4n) is 6.57. The summed E-state index contributed by atoms with van der Waals surface area (Å²) in [5.41, 5.74) is 2.53.